The average Bonchev–Trinajstić information content (AvgIpc) is 2.44. The zero-order valence-corrected chi connectivity index (χ0v) is 13.1. The van der Waals surface area contributed by atoms with Gasteiger partial charge in [0.2, 0.25) is 0 Å². The molecule has 0 aliphatic heterocycles. The molecular formula is C13H17BrN2O5. The Labute approximate surface area is 130 Å². The number of ether oxygens (including phenoxy) is 1. The molecule has 1 aromatic carbocycles. The number of benzene rings is 1. The Hall–Kier alpha value is -1.67. The molecule has 0 radical (unpaired) electrons. The van der Waals surface area contributed by atoms with E-state index in [1.165, 1.54) is 12.1 Å². The number of nitrogens with zero attached hydrogens (tertiary/aromatic N) is 1. The molecule has 0 bridgehead atoms. The number of hydrogen-bond acceptors (Lipinski definition) is 5. The van der Waals surface area contributed by atoms with Crippen LogP contribution in [0.2, 0.25) is 0 Å². The molecule has 1 atom stereocenters. The lowest BCUT2D eigenvalue weighted by atomic mass is 9.92. The Kier molecular flexibility index (Phi) is 6.10. The van der Waals surface area contributed by atoms with Gasteiger partial charge in [0, 0.05) is 6.07 Å². The normalized spacial score (nSPS) is 13.5. The molecule has 1 aromatic rings. The third kappa shape index (κ3) is 4.40. The largest absolute Gasteiger partial charge is 0.492 e. The Morgan fingerprint density at radius 1 is 1.57 bits per heavy atom. The lowest BCUT2D eigenvalue weighted by Crippen LogP contribution is -2.47. The molecule has 0 fully saturated rings. The molecule has 1 unspecified atom stereocenters. The SMILES string of the molecule is CCC(N)(CCCOc1cccc([N+](=O)[O-])c1Br)C(=O)O. The average molecular weight is 361 g/mol. The van der Waals surface area contributed by atoms with Crippen molar-refractivity contribution in [3.8, 4) is 5.75 Å². The quantitative estimate of drug-likeness (QED) is 0.418. The Bertz CT molecular complexity index is 537. The summed E-state index contributed by atoms with van der Waals surface area (Å²) in [7, 11) is 0. The summed E-state index contributed by atoms with van der Waals surface area (Å²) in [4.78, 5) is 21.3. The van der Waals surface area contributed by atoms with E-state index < -0.39 is 16.4 Å². The van der Waals surface area contributed by atoms with Crippen LogP contribution in [0.4, 0.5) is 5.69 Å². The van der Waals surface area contributed by atoms with Gasteiger partial charge in [0.25, 0.3) is 5.69 Å². The fraction of sp³-hybridized carbons (Fsp3) is 0.462. The van der Waals surface area contributed by atoms with E-state index in [-0.39, 0.29) is 23.2 Å². The van der Waals surface area contributed by atoms with Crippen molar-refractivity contribution in [2.75, 3.05) is 6.61 Å². The van der Waals surface area contributed by atoms with E-state index in [4.69, 9.17) is 15.6 Å². The summed E-state index contributed by atoms with van der Waals surface area (Å²) in [5.41, 5.74) is 4.42. The first-order chi connectivity index (χ1) is 9.81. The smallest absolute Gasteiger partial charge is 0.323 e. The Morgan fingerprint density at radius 2 is 2.24 bits per heavy atom. The summed E-state index contributed by atoms with van der Waals surface area (Å²) in [5.74, 6) is -0.694. The number of halogens is 1. The summed E-state index contributed by atoms with van der Waals surface area (Å²) < 4.78 is 5.71. The molecule has 0 saturated heterocycles. The number of carbonyl (C=O) groups is 1. The van der Waals surface area contributed by atoms with Crippen LogP contribution in [-0.4, -0.2) is 28.1 Å². The summed E-state index contributed by atoms with van der Waals surface area (Å²) in [6.07, 6.45) is 1.03. The molecule has 116 valence electrons. The second kappa shape index (κ2) is 7.37. The summed E-state index contributed by atoms with van der Waals surface area (Å²) in [5, 5.41) is 19.8. The molecule has 0 heterocycles. The van der Waals surface area contributed by atoms with E-state index in [0.717, 1.165) is 0 Å². The zero-order valence-electron chi connectivity index (χ0n) is 11.5. The van der Waals surface area contributed by atoms with E-state index in [1.54, 1.807) is 13.0 Å². The van der Waals surface area contributed by atoms with Crippen molar-refractivity contribution < 1.29 is 19.6 Å². The molecular weight excluding hydrogens is 344 g/mol. The maximum absolute atomic E-state index is 11.0. The predicted octanol–water partition coefficient (Wildman–Crippen LogP) is 2.71. The minimum Gasteiger partial charge on any atom is -0.492 e. The molecule has 7 nitrogen and oxygen atoms in total. The second-order valence-electron chi connectivity index (χ2n) is 4.61. The first kappa shape index (κ1) is 17.4. The first-order valence-electron chi connectivity index (χ1n) is 6.40. The number of nitro groups is 1. The monoisotopic (exact) mass is 360 g/mol. The van der Waals surface area contributed by atoms with Gasteiger partial charge in [0.15, 0.2) is 0 Å². The van der Waals surface area contributed by atoms with Gasteiger partial charge in [0.05, 0.1) is 11.5 Å². The van der Waals surface area contributed by atoms with Crippen LogP contribution in [0.3, 0.4) is 0 Å². The van der Waals surface area contributed by atoms with Crippen molar-refractivity contribution in [1.29, 1.82) is 0 Å². The number of hydrogen-bond donors (Lipinski definition) is 2. The van der Waals surface area contributed by atoms with Crippen LogP contribution >= 0.6 is 15.9 Å². The lowest BCUT2D eigenvalue weighted by molar-refractivity contribution is -0.385. The van der Waals surface area contributed by atoms with Gasteiger partial charge in [-0.1, -0.05) is 13.0 Å². The van der Waals surface area contributed by atoms with Crippen LogP contribution in [0.15, 0.2) is 22.7 Å². The van der Waals surface area contributed by atoms with Gasteiger partial charge in [-0.2, -0.15) is 0 Å². The maximum Gasteiger partial charge on any atom is 0.323 e. The molecule has 1 rings (SSSR count). The molecule has 0 saturated carbocycles. The predicted molar refractivity (Wildman–Crippen MR) is 80.4 cm³/mol. The molecule has 0 amide bonds. The summed E-state index contributed by atoms with van der Waals surface area (Å²) >= 11 is 3.12. The lowest BCUT2D eigenvalue weighted by Gasteiger charge is -2.22. The van der Waals surface area contributed by atoms with Gasteiger partial charge in [0.1, 0.15) is 15.8 Å². The molecule has 0 aliphatic rings. The maximum atomic E-state index is 11.0. The second-order valence-corrected chi connectivity index (χ2v) is 5.41. The van der Waals surface area contributed by atoms with Crippen LogP contribution in [0.1, 0.15) is 26.2 Å². The minimum atomic E-state index is -1.26. The highest BCUT2D eigenvalue weighted by molar-refractivity contribution is 9.10. The van der Waals surface area contributed by atoms with Crippen molar-refractivity contribution in [3.63, 3.8) is 0 Å². The van der Waals surface area contributed by atoms with Crippen molar-refractivity contribution >= 4 is 27.6 Å². The van der Waals surface area contributed by atoms with Crippen molar-refractivity contribution in [1.82, 2.24) is 0 Å². The van der Waals surface area contributed by atoms with E-state index >= 15 is 0 Å². The van der Waals surface area contributed by atoms with Crippen LogP contribution in [0.25, 0.3) is 0 Å². The third-order valence-corrected chi connectivity index (χ3v) is 4.02. The minimum absolute atomic E-state index is 0.0836. The number of carboxylic acids is 1. The first-order valence-corrected chi connectivity index (χ1v) is 7.19. The van der Waals surface area contributed by atoms with Crippen molar-refractivity contribution in [2.24, 2.45) is 5.73 Å². The summed E-state index contributed by atoms with van der Waals surface area (Å²) in [6, 6.07) is 4.49. The highest BCUT2D eigenvalue weighted by atomic mass is 79.9. The zero-order chi connectivity index (χ0) is 16.0. The molecule has 0 aromatic heterocycles. The van der Waals surface area contributed by atoms with E-state index in [2.05, 4.69) is 15.9 Å². The van der Waals surface area contributed by atoms with Crippen molar-refractivity contribution in [2.45, 2.75) is 31.7 Å². The molecule has 3 N–H and O–H groups in total. The van der Waals surface area contributed by atoms with E-state index in [1.807, 2.05) is 0 Å². The van der Waals surface area contributed by atoms with E-state index in [9.17, 15) is 14.9 Å². The molecule has 0 spiro atoms. The van der Waals surface area contributed by atoms with E-state index in [0.29, 0.717) is 18.6 Å². The topological polar surface area (TPSA) is 116 Å². The Morgan fingerprint density at radius 3 is 2.76 bits per heavy atom. The Balaban J connectivity index is 2.60. The fourth-order valence-electron chi connectivity index (χ4n) is 1.76. The molecule has 8 heteroatoms. The highest BCUT2D eigenvalue weighted by Crippen LogP contribution is 2.33. The molecule has 0 aliphatic carbocycles. The van der Waals surface area contributed by atoms with Crippen molar-refractivity contribution in [3.05, 3.63) is 32.8 Å². The standard InChI is InChI=1S/C13H17BrN2O5/c1-2-13(15,12(17)18)7-4-8-21-10-6-3-5-9(11(10)14)16(19)20/h3,5-6H,2,4,7-8,15H2,1H3,(H,17,18). The number of nitrogens with two attached hydrogens (primary N) is 1. The number of rotatable bonds is 8. The van der Waals surface area contributed by atoms with Crippen LogP contribution in [0, 0.1) is 10.1 Å². The number of aliphatic carboxylic acids is 1. The van der Waals surface area contributed by atoms with Gasteiger partial charge in [-0.25, -0.2) is 0 Å². The number of carboxylic acid groups (broad SMARTS) is 1. The van der Waals surface area contributed by atoms with Gasteiger partial charge < -0.3 is 15.6 Å². The third-order valence-electron chi connectivity index (χ3n) is 3.22. The van der Waals surface area contributed by atoms with Gasteiger partial charge in [-0.3, -0.25) is 14.9 Å². The van der Waals surface area contributed by atoms with Crippen LogP contribution in [-0.2, 0) is 4.79 Å². The summed E-state index contributed by atoms with van der Waals surface area (Å²) in [6.45, 7) is 1.94. The fourth-order valence-corrected chi connectivity index (χ4v) is 2.28. The van der Waals surface area contributed by atoms with Crippen LogP contribution in [0.5, 0.6) is 5.75 Å². The number of nitro benzene ring substituents is 1. The van der Waals surface area contributed by atoms with Gasteiger partial charge >= 0.3 is 5.97 Å². The highest BCUT2D eigenvalue weighted by Gasteiger charge is 2.31. The van der Waals surface area contributed by atoms with Gasteiger partial charge in [-0.15, -0.1) is 0 Å². The van der Waals surface area contributed by atoms with Gasteiger partial charge in [-0.05, 0) is 41.3 Å². The molecule has 21 heavy (non-hydrogen) atoms. The van der Waals surface area contributed by atoms with Crippen LogP contribution < -0.4 is 10.5 Å².